The van der Waals surface area contributed by atoms with Gasteiger partial charge in [-0.2, -0.15) is 0 Å². The van der Waals surface area contributed by atoms with E-state index in [9.17, 15) is 4.79 Å². The van der Waals surface area contributed by atoms with Crippen molar-refractivity contribution in [2.75, 3.05) is 27.4 Å². The molecule has 0 aromatic heterocycles. The second kappa shape index (κ2) is 10.9. The topological polar surface area (TPSA) is 75.2 Å². The first-order chi connectivity index (χ1) is 13.5. The maximum atomic E-state index is 12.0. The van der Waals surface area contributed by atoms with Crippen molar-refractivity contribution in [1.29, 1.82) is 0 Å². The lowest BCUT2D eigenvalue weighted by molar-refractivity contribution is -0.127. The van der Waals surface area contributed by atoms with Crippen LogP contribution in [0.3, 0.4) is 0 Å². The molecule has 0 saturated carbocycles. The largest absolute Gasteiger partial charge is 0.454 e. The van der Waals surface area contributed by atoms with E-state index in [0.29, 0.717) is 12.5 Å². The van der Waals surface area contributed by atoms with Crippen LogP contribution in [0, 0.1) is 0 Å². The van der Waals surface area contributed by atoms with Crippen molar-refractivity contribution in [3.8, 4) is 11.5 Å². The van der Waals surface area contributed by atoms with Crippen LogP contribution in [-0.2, 0) is 11.3 Å². The molecule has 1 aliphatic rings. The van der Waals surface area contributed by atoms with E-state index in [2.05, 4.69) is 34.7 Å². The Morgan fingerprint density at radius 3 is 2.59 bits per heavy atom. The van der Waals surface area contributed by atoms with Crippen LogP contribution >= 0.6 is 24.0 Å². The molecule has 29 heavy (non-hydrogen) atoms. The predicted molar refractivity (Wildman–Crippen MR) is 124 cm³/mol. The van der Waals surface area contributed by atoms with Crippen LogP contribution in [0.2, 0.25) is 0 Å². The zero-order valence-corrected chi connectivity index (χ0v) is 19.2. The molecule has 1 unspecified atom stereocenters. The third-order valence-electron chi connectivity index (χ3n) is 4.42. The third-order valence-corrected chi connectivity index (χ3v) is 4.42. The molecule has 0 aliphatic carbocycles. The van der Waals surface area contributed by atoms with Crippen molar-refractivity contribution in [1.82, 2.24) is 15.5 Å². The molecule has 1 heterocycles. The summed E-state index contributed by atoms with van der Waals surface area (Å²) in [5.41, 5.74) is 2.13. The number of aliphatic imine (C=N–C) groups is 1. The van der Waals surface area contributed by atoms with Gasteiger partial charge < -0.3 is 25.0 Å². The molecule has 1 aliphatic heterocycles. The lowest BCUT2D eigenvalue weighted by Crippen LogP contribution is -2.43. The molecule has 2 N–H and O–H groups in total. The van der Waals surface area contributed by atoms with Crippen molar-refractivity contribution in [3.63, 3.8) is 0 Å². The molecule has 0 bridgehead atoms. The number of nitrogens with one attached hydrogen (secondary N) is 2. The maximum Gasteiger partial charge on any atom is 0.241 e. The van der Waals surface area contributed by atoms with E-state index in [1.807, 2.05) is 36.4 Å². The van der Waals surface area contributed by atoms with Gasteiger partial charge in [-0.05, 0) is 30.2 Å². The standard InChI is InChI=1S/C21H26N4O3.HI/c1-15(17-7-5-4-6-8-17)24-21(23-13-20(26)25(2)3)22-12-16-9-10-18-19(11-16)28-14-27-18;/h4-11,15H,12-14H2,1-3H3,(H2,22,23,24);1H. The molecule has 0 spiro atoms. The van der Waals surface area contributed by atoms with Crippen LogP contribution in [0.25, 0.3) is 0 Å². The van der Waals surface area contributed by atoms with E-state index in [-0.39, 0.29) is 49.3 Å². The second-order valence-electron chi connectivity index (χ2n) is 6.77. The van der Waals surface area contributed by atoms with E-state index in [4.69, 9.17) is 9.47 Å². The number of halogens is 1. The maximum absolute atomic E-state index is 12.0. The highest BCUT2D eigenvalue weighted by molar-refractivity contribution is 14.0. The molecular formula is C21H27IN4O3. The molecule has 1 atom stereocenters. The Morgan fingerprint density at radius 1 is 1.14 bits per heavy atom. The molecule has 156 valence electrons. The number of fused-ring (bicyclic) bond motifs is 1. The summed E-state index contributed by atoms with van der Waals surface area (Å²) in [5.74, 6) is 2.03. The van der Waals surface area contributed by atoms with Crippen LogP contribution < -0.4 is 20.1 Å². The highest BCUT2D eigenvalue weighted by Gasteiger charge is 2.14. The number of amides is 1. The minimum atomic E-state index is -0.0232. The zero-order valence-electron chi connectivity index (χ0n) is 16.8. The smallest absolute Gasteiger partial charge is 0.241 e. The number of carbonyl (C=O) groups excluding carboxylic acids is 1. The Morgan fingerprint density at radius 2 is 1.86 bits per heavy atom. The number of benzene rings is 2. The molecule has 3 rings (SSSR count). The Balaban J connectivity index is 0.00000300. The fraction of sp³-hybridized carbons (Fsp3) is 0.333. The molecular weight excluding hydrogens is 483 g/mol. The fourth-order valence-electron chi connectivity index (χ4n) is 2.71. The number of guanidine groups is 1. The number of rotatable bonds is 6. The Bertz CT molecular complexity index is 843. The first kappa shape index (κ1) is 22.8. The number of ether oxygens (including phenoxy) is 2. The first-order valence-corrected chi connectivity index (χ1v) is 9.21. The van der Waals surface area contributed by atoms with Gasteiger partial charge in [0.25, 0.3) is 0 Å². The summed E-state index contributed by atoms with van der Waals surface area (Å²) in [6.07, 6.45) is 0. The molecule has 2 aromatic rings. The normalized spacial score (nSPS) is 13.3. The van der Waals surface area contributed by atoms with Crippen LogP contribution in [0.4, 0.5) is 0 Å². The second-order valence-corrected chi connectivity index (χ2v) is 6.77. The lowest BCUT2D eigenvalue weighted by atomic mass is 10.1. The average Bonchev–Trinajstić information content (AvgIpc) is 3.18. The summed E-state index contributed by atoms with van der Waals surface area (Å²) in [6, 6.07) is 15.9. The molecule has 2 aromatic carbocycles. The van der Waals surface area contributed by atoms with Gasteiger partial charge in [-0.15, -0.1) is 24.0 Å². The van der Waals surface area contributed by atoms with E-state index in [1.54, 1.807) is 19.0 Å². The summed E-state index contributed by atoms with van der Waals surface area (Å²) in [4.78, 5) is 18.1. The van der Waals surface area contributed by atoms with Gasteiger partial charge >= 0.3 is 0 Å². The summed E-state index contributed by atoms with van der Waals surface area (Å²) in [7, 11) is 3.46. The molecule has 7 nitrogen and oxygen atoms in total. The minimum Gasteiger partial charge on any atom is -0.454 e. The number of nitrogens with zero attached hydrogens (tertiary/aromatic N) is 2. The van der Waals surface area contributed by atoms with Crippen LogP contribution in [0.1, 0.15) is 24.1 Å². The van der Waals surface area contributed by atoms with E-state index in [1.165, 1.54) is 0 Å². The van der Waals surface area contributed by atoms with Gasteiger partial charge in [0.1, 0.15) is 0 Å². The molecule has 0 fully saturated rings. The summed E-state index contributed by atoms with van der Waals surface area (Å²) in [6.45, 7) is 2.92. The summed E-state index contributed by atoms with van der Waals surface area (Å²) >= 11 is 0. The van der Waals surface area contributed by atoms with Gasteiger partial charge in [-0.25, -0.2) is 4.99 Å². The molecule has 0 radical (unpaired) electrons. The van der Waals surface area contributed by atoms with Gasteiger partial charge in [0.2, 0.25) is 12.7 Å². The monoisotopic (exact) mass is 510 g/mol. The van der Waals surface area contributed by atoms with Crippen molar-refractivity contribution in [2.45, 2.75) is 19.5 Å². The van der Waals surface area contributed by atoms with Gasteiger partial charge in [0, 0.05) is 14.1 Å². The van der Waals surface area contributed by atoms with E-state index < -0.39 is 0 Å². The Labute approximate surface area is 188 Å². The molecule has 0 saturated heterocycles. The highest BCUT2D eigenvalue weighted by atomic mass is 127. The quantitative estimate of drug-likeness (QED) is 0.355. The van der Waals surface area contributed by atoms with Crippen LogP contribution in [0.15, 0.2) is 53.5 Å². The number of hydrogen-bond acceptors (Lipinski definition) is 4. The molecule has 1 amide bonds. The van der Waals surface area contributed by atoms with E-state index in [0.717, 1.165) is 22.6 Å². The fourth-order valence-corrected chi connectivity index (χ4v) is 2.71. The first-order valence-electron chi connectivity index (χ1n) is 9.21. The third kappa shape index (κ3) is 6.52. The van der Waals surface area contributed by atoms with Crippen molar-refractivity contribution < 1.29 is 14.3 Å². The van der Waals surface area contributed by atoms with Gasteiger partial charge in [0.15, 0.2) is 17.5 Å². The Kier molecular flexibility index (Phi) is 8.56. The van der Waals surface area contributed by atoms with Gasteiger partial charge in [-0.1, -0.05) is 36.4 Å². The molecule has 8 heteroatoms. The van der Waals surface area contributed by atoms with Gasteiger partial charge in [-0.3, -0.25) is 4.79 Å². The van der Waals surface area contributed by atoms with E-state index >= 15 is 0 Å². The predicted octanol–water partition coefficient (Wildman–Crippen LogP) is 2.92. The summed E-state index contributed by atoms with van der Waals surface area (Å²) < 4.78 is 10.8. The number of hydrogen-bond donors (Lipinski definition) is 2. The zero-order chi connectivity index (χ0) is 19.9. The average molecular weight is 510 g/mol. The van der Waals surface area contributed by atoms with Crippen molar-refractivity contribution in [3.05, 3.63) is 59.7 Å². The highest BCUT2D eigenvalue weighted by Crippen LogP contribution is 2.32. The van der Waals surface area contributed by atoms with Crippen LogP contribution in [0.5, 0.6) is 11.5 Å². The number of likely N-dealkylation sites (N-methyl/N-ethyl adjacent to an activating group) is 1. The number of carbonyl (C=O) groups is 1. The van der Waals surface area contributed by atoms with Crippen molar-refractivity contribution >= 4 is 35.8 Å². The van der Waals surface area contributed by atoms with Crippen LogP contribution in [-0.4, -0.2) is 44.2 Å². The Hall–Kier alpha value is -2.49. The SMILES string of the molecule is CC(NC(=NCc1ccc2c(c1)OCO2)NCC(=O)N(C)C)c1ccccc1.I. The van der Waals surface area contributed by atoms with Crippen molar-refractivity contribution in [2.24, 2.45) is 4.99 Å². The minimum absolute atomic E-state index is 0. The lowest BCUT2D eigenvalue weighted by Gasteiger charge is -2.19. The van der Waals surface area contributed by atoms with Gasteiger partial charge in [0.05, 0.1) is 19.1 Å². The summed E-state index contributed by atoms with van der Waals surface area (Å²) in [5, 5.41) is 6.48.